The first kappa shape index (κ1) is 22.9. The summed E-state index contributed by atoms with van der Waals surface area (Å²) in [6.45, 7) is 0. The summed E-state index contributed by atoms with van der Waals surface area (Å²) in [6.07, 6.45) is 0.594. The minimum Gasteiger partial charge on any atom is -0.494 e. The van der Waals surface area contributed by atoms with Crippen LogP contribution in [0.4, 0.5) is 15.9 Å². The maximum Gasteiger partial charge on any atom is 0.307 e. The first-order chi connectivity index (χ1) is 15.7. The minimum absolute atomic E-state index is 0.00258. The van der Waals surface area contributed by atoms with Gasteiger partial charge in [-0.2, -0.15) is 0 Å². The Morgan fingerprint density at radius 3 is 2.70 bits per heavy atom. The Morgan fingerprint density at radius 1 is 1.24 bits per heavy atom. The number of rotatable bonds is 6. The highest BCUT2D eigenvalue weighted by molar-refractivity contribution is 7.91. The van der Waals surface area contributed by atoms with Gasteiger partial charge in [-0.1, -0.05) is 17.7 Å². The molecule has 0 saturated carbocycles. The molecule has 2 heterocycles. The topological polar surface area (TPSA) is 118 Å². The number of nitrogens with one attached hydrogen (secondary N) is 1. The van der Waals surface area contributed by atoms with Crippen molar-refractivity contribution in [2.75, 3.05) is 18.2 Å². The van der Waals surface area contributed by atoms with Gasteiger partial charge in [-0.3, -0.25) is 4.79 Å². The molecule has 0 spiro atoms. The second-order valence-electron chi connectivity index (χ2n) is 7.45. The molecular weight excluding hydrogens is 473 g/mol. The molecule has 3 aromatic rings. The number of ether oxygens (including phenoxy) is 1. The van der Waals surface area contributed by atoms with Crippen LogP contribution in [0.5, 0.6) is 5.75 Å². The fraction of sp³-hybridized carbons (Fsp3) is 0.227. The first-order valence-corrected chi connectivity index (χ1v) is 12.0. The predicted molar refractivity (Wildman–Crippen MR) is 120 cm³/mol. The average Bonchev–Trinajstić information content (AvgIpc) is 2.74. The zero-order chi connectivity index (χ0) is 23.8. The number of carbonyl (C=O) groups is 1. The Bertz CT molecular complexity index is 1360. The van der Waals surface area contributed by atoms with E-state index in [9.17, 15) is 17.6 Å². The number of carboxylic acids is 1. The van der Waals surface area contributed by atoms with Crippen molar-refractivity contribution in [3.8, 4) is 17.1 Å². The summed E-state index contributed by atoms with van der Waals surface area (Å²) in [4.78, 5) is 19.8. The number of methoxy groups -OCH3 is 1. The summed E-state index contributed by atoms with van der Waals surface area (Å²) in [5.74, 6) is -1.39. The number of halogens is 2. The Kier molecular flexibility index (Phi) is 6.22. The number of fused-ring (bicyclic) bond motifs is 1. The molecule has 1 aliphatic heterocycles. The van der Waals surface area contributed by atoms with Crippen molar-refractivity contribution in [1.29, 1.82) is 0 Å². The molecule has 0 fully saturated rings. The van der Waals surface area contributed by atoms with Crippen LogP contribution in [0.25, 0.3) is 11.4 Å². The number of carboxylic acid groups (broad SMARTS) is 1. The Balaban J connectivity index is 1.81. The molecule has 33 heavy (non-hydrogen) atoms. The van der Waals surface area contributed by atoms with Crippen LogP contribution in [0.15, 0.2) is 41.3 Å². The quantitative estimate of drug-likeness (QED) is 0.530. The molecule has 2 N–H and O–H groups in total. The van der Waals surface area contributed by atoms with E-state index in [2.05, 4.69) is 15.3 Å². The Hall–Kier alpha value is -3.24. The molecule has 11 heteroatoms. The highest BCUT2D eigenvalue weighted by atomic mass is 35.5. The highest BCUT2D eigenvalue weighted by Gasteiger charge is 2.30. The van der Waals surface area contributed by atoms with Gasteiger partial charge >= 0.3 is 5.97 Å². The van der Waals surface area contributed by atoms with Crippen molar-refractivity contribution in [1.82, 2.24) is 9.97 Å². The summed E-state index contributed by atoms with van der Waals surface area (Å²) in [5.41, 5.74) is 1.54. The van der Waals surface area contributed by atoms with Gasteiger partial charge in [-0.25, -0.2) is 22.8 Å². The lowest BCUT2D eigenvalue weighted by Crippen LogP contribution is -2.20. The number of sulfone groups is 1. The van der Waals surface area contributed by atoms with Gasteiger partial charge in [0, 0.05) is 16.3 Å². The number of aryl methyl sites for hydroxylation is 1. The van der Waals surface area contributed by atoms with Crippen molar-refractivity contribution in [2.24, 2.45) is 0 Å². The van der Waals surface area contributed by atoms with Crippen LogP contribution < -0.4 is 10.1 Å². The second-order valence-corrected chi connectivity index (χ2v) is 9.90. The van der Waals surface area contributed by atoms with Crippen molar-refractivity contribution in [3.05, 3.63) is 58.5 Å². The maximum absolute atomic E-state index is 14.3. The van der Waals surface area contributed by atoms with E-state index in [1.165, 1.54) is 25.3 Å². The summed E-state index contributed by atoms with van der Waals surface area (Å²) in [6, 6.07) is 8.87. The second kappa shape index (κ2) is 8.95. The number of anilines is 2. The van der Waals surface area contributed by atoms with Crippen LogP contribution in [0.1, 0.15) is 17.7 Å². The van der Waals surface area contributed by atoms with Gasteiger partial charge in [-0.05, 0) is 48.7 Å². The SMILES string of the molecule is COc1ccc(-c2nc3c(c(Nc4ccc(CC(=O)O)c(Cl)c4)n2)S(=O)(=O)CCC3)cc1F. The summed E-state index contributed by atoms with van der Waals surface area (Å²) in [7, 11) is -2.28. The van der Waals surface area contributed by atoms with Crippen molar-refractivity contribution in [2.45, 2.75) is 24.2 Å². The average molecular weight is 492 g/mol. The molecular formula is C22H19ClFN3O5S. The fourth-order valence-electron chi connectivity index (χ4n) is 3.61. The first-order valence-electron chi connectivity index (χ1n) is 9.93. The van der Waals surface area contributed by atoms with Crippen molar-refractivity contribution in [3.63, 3.8) is 0 Å². The lowest BCUT2D eigenvalue weighted by molar-refractivity contribution is -0.136. The number of nitrogens with zero attached hydrogens (tertiary/aromatic N) is 2. The fourth-order valence-corrected chi connectivity index (χ4v) is 5.49. The van der Waals surface area contributed by atoms with E-state index in [1.807, 2.05) is 0 Å². The van der Waals surface area contributed by atoms with E-state index in [0.717, 1.165) is 0 Å². The highest BCUT2D eigenvalue weighted by Crippen LogP contribution is 2.35. The molecule has 1 aliphatic rings. The molecule has 172 valence electrons. The van der Waals surface area contributed by atoms with E-state index in [-0.39, 0.29) is 39.5 Å². The van der Waals surface area contributed by atoms with E-state index in [1.54, 1.807) is 18.2 Å². The van der Waals surface area contributed by atoms with Gasteiger partial charge < -0.3 is 15.2 Å². The molecule has 4 rings (SSSR count). The molecule has 0 bridgehead atoms. The van der Waals surface area contributed by atoms with Crippen LogP contribution >= 0.6 is 11.6 Å². The Morgan fingerprint density at radius 2 is 2.03 bits per heavy atom. The molecule has 1 aromatic heterocycles. The summed E-state index contributed by atoms with van der Waals surface area (Å²) < 4.78 is 44.9. The van der Waals surface area contributed by atoms with E-state index >= 15 is 0 Å². The maximum atomic E-state index is 14.3. The third-order valence-corrected chi connectivity index (χ3v) is 7.37. The molecule has 0 radical (unpaired) electrons. The van der Waals surface area contributed by atoms with Gasteiger partial charge in [0.2, 0.25) is 0 Å². The van der Waals surface area contributed by atoms with Crippen molar-refractivity contribution >= 4 is 38.9 Å². The molecule has 0 amide bonds. The van der Waals surface area contributed by atoms with E-state index in [0.29, 0.717) is 35.3 Å². The molecule has 0 unspecified atom stereocenters. The van der Waals surface area contributed by atoms with Gasteiger partial charge in [0.25, 0.3) is 0 Å². The molecule has 0 aliphatic carbocycles. The smallest absolute Gasteiger partial charge is 0.307 e. The van der Waals surface area contributed by atoms with E-state index < -0.39 is 21.6 Å². The third kappa shape index (κ3) is 4.76. The number of aliphatic carboxylic acids is 1. The summed E-state index contributed by atoms with van der Waals surface area (Å²) in [5, 5.41) is 12.2. The number of aromatic nitrogens is 2. The number of hydrogen-bond donors (Lipinski definition) is 2. The summed E-state index contributed by atoms with van der Waals surface area (Å²) >= 11 is 6.20. The lowest BCUT2D eigenvalue weighted by Gasteiger charge is -2.20. The lowest BCUT2D eigenvalue weighted by atomic mass is 10.1. The molecule has 8 nitrogen and oxygen atoms in total. The zero-order valence-electron chi connectivity index (χ0n) is 17.4. The van der Waals surface area contributed by atoms with Crippen LogP contribution in [-0.4, -0.2) is 42.3 Å². The van der Waals surface area contributed by atoms with Gasteiger partial charge in [-0.15, -0.1) is 0 Å². The predicted octanol–water partition coefficient (Wildman–Crippen LogP) is 4.04. The third-order valence-electron chi connectivity index (χ3n) is 5.14. The zero-order valence-corrected chi connectivity index (χ0v) is 19.0. The Labute approximate surface area is 194 Å². The van der Waals surface area contributed by atoms with E-state index in [4.69, 9.17) is 21.4 Å². The van der Waals surface area contributed by atoms with Crippen LogP contribution in [0.2, 0.25) is 5.02 Å². The monoisotopic (exact) mass is 491 g/mol. The van der Waals surface area contributed by atoms with Gasteiger partial charge in [0.1, 0.15) is 4.90 Å². The molecule has 0 saturated heterocycles. The standard InChI is InChI=1S/C22H19ClFN3O5S/c1-32-18-7-5-13(9-16(18)24)21-26-17-3-2-8-33(30,31)20(17)22(27-21)25-14-6-4-12(10-19(28)29)15(23)11-14/h4-7,9,11H,2-3,8,10H2,1H3,(H,28,29)(H,25,26,27). The molecule has 0 atom stereocenters. The normalized spacial score (nSPS) is 14.4. The van der Waals surface area contributed by atoms with Gasteiger partial charge in [0.15, 0.2) is 33.0 Å². The van der Waals surface area contributed by atoms with Gasteiger partial charge in [0.05, 0.1) is 25.0 Å². The van der Waals surface area contributed by atoms with Crippen LogP contribution in [0.3, 0.4) is 0 Å². The number of hydrogen-bond acceptors (Lipinski definition) is 7. The molecule has 2 aromatic carbocycles. The van der Waals surface area contributed by atoms with Crippen LogP contribution in [-0.2, 0) is 27.5 Å². The van der Waals surface area contributed by atoms with Crippen molar-refractivity contribution < 1.29 is 27.4 Å². The largest absolute Gasteiger partial charge is 0.494 e. The van der Waals surface area contributed by atoms with Crippen LogP contribution in [0, 0.1) is 5.82 Å². The number of benzene rings is 2. The minimum atomic E-state index is -3.64.